The maximum Gasteiger partial charge on any atom is 0.355 e. The van der Waals surface area contributed by atoms with Gasteiger partial charge >= 0.3 is 5.97 Å². The van der Waals surface area contributed by atoms with Gasteiger partial charge in [0.25, 0.3) is 5.91 Å². The standard InChI is InChI=1S/C30H36ClN3O4S/c1-2-3-4-5-6-7-8-9-10-15-26(35)32-21-27(36)34-33-20-22-16-18-23(19-17-22)38-30(37)29-28(31)24-13-11-12-14-25(24)39-29/h11-14,16-20H,2-10,15,21H2,1H3,(H,32,35)(H,34,36). The quantitative estimate of drug-likeness (QED) is 0.0623. The van der Waals surface area contributed by atoms with Crippen molar-refractivity contribution in [1.82, 2.24) is 10.7 Å². The Bertz CT molecular complexity index is 1260. The van der Waals surface area contributed by atoms with E-state index in [-0.39, 0.29) is 12.5 Å². The van der Waals surface area contributed by atoms with Gasteiger partial charge in [0.2, 0.25) is 5.91 Å². The topological polar surface area (TPSA) is 96.9 Å². The van der Waals surface area contributed by atoms with Crippen molar-refractivity contribution in [1.29, 1.82) is 0 Å². The molecule has 0 bridgehead atoms. The van der Waals surface area contributed by atoms with E-state index in [4.69, 9.17) is 16.3 Å². The highest BCUT2D eigenvalue weighted by atomic mass is 35.5. The molecule has 0 aliphatic carbocycles. The third kappa shape index (κ3) is 10.5. The number of esters is 1. The number of halogens is 1. The Morgan fingerprint density at radius 1 is 0.897 bits per heavy atom. The first-order chi connectivity index (χ1) is 19.0. The molecule has 3 rings (SSSR count). The lowest BCUT2D eigenvalue weighted by molar-refractivity contribution is -0.126. The molecule has 39 heavy (non-hydrogen) atoms. The van der Waals surface area contributed by atoms with Crippen LogP contribution in [-0.2, 0) is 9.59 Å². The first kappa shape index (κ1) is 30.3. The van der Waals surface area contributed by atoms with Crippen LogP contribution in [0.1, 0.15) is 86.4 Å². The number of ether oxygens (including phenoxy) is 1. The van der Waals surface area contributed by atoms with Crippen LogP contribution in [0.2, 0.25) is 5.02 Å². The van der Waals surface area contributed by atoms with Gasteiger partial charge in [-0.25, -0.2) is 10.2 Å². The van der Waals surface area contributed by atoms with Crippen LogP contribution >= 0.6 is 22.9 Å². The van der Waals surface area contributed by atoms with E-state index in [2.05, 4.69) is 22.8 Å². The molecule has 0 fully saturated rings. The first-order valence-electron chi connectivity index (χ1n) is 13.6. The van der Waals surface area contributed by atoms with Gasteiger partial charge in [-0.2, -0.15) is 5.10 Å². The fourth-order valence-electron chi connectivity index (χ4n) is 4.00. The molecule has 0 spiro atoms. The zero-order valence-electron chi connectivity index (χ0n) is 22.3. The molecule has 2 N–H and O–H groups in total. The third-order valence-electron chi connectivity index (χ3n) is 6.17. The Balaban J connectivity index is 1.31. The number of carbonyl (C=O) groups is 3. The lowest BCUT2D eigenvalue weighted by atomic mass is 10.1. The van der Waals surface area contributed by atoms with Crippen molar-refractivity contribution in [3.8, 4) is 5.75 Å². The maximum absolute atomic E-state index is 12.6. The molecule has 0 aliphatic rings. The number of amides is 2. The molecule has 3 aromatic rings. The predicted molar refractivity (Wildman–Crippen MR) is 159 cm³/mol. The summed E-state index contributed by atoms with van der Waals surface area (Å²) in [6.07, 6.45) is 12.6. The molecule has 0 saturated heterocycles. The number of carbonyl (C=O) groups excluding carboxylic acids is 3. The lowest BCUT2D eigenvalue weighted by Crippen LogP contribution is -2.34. The smallest absolute Gasteiger partial charge is 0.355 e. The summed E-state index contributed by atoms with van der Waals surface area (Å²) in [6.45, 7) is 2.10. The van der Waals surface area contributed by atoms with Crippen molar-refractivity contribution in [3.05, 3.63) is 64.0 Å². The third-order valence-corrected chi connectivity index (χ3v) is 7.82. The molecule has 0 atom stereocenters. The van der Waals surface area contributed by atoms with Gasteiger partial charge in [0, 0.05) is 16.5 Å². The summed E-state index contributed by atoms with van der Waals surface area (Å²) in [4.78, 5) is 36.8. The number of hydrazone groups is 1. The van der Waals surface area contributed by atoms with Crippen LogP contribution < -0.4 is 15.5 Å². The van der Waals surface area contributed by atoms with E-state index < -0.39 is 11.9 Å². The molecule has 1 aromatic heterocycles. The largest absolute Gasteiger partial charge is 0.422 e. The van der Waals surface area contributed by atoms with Crippen LogP contribution in [0.4, 0.5) is 0 Å². The molecule has 7 nitrogen and oxygen atoms in total. The van der Waals surface area contributed by atoms with E-state index >= 15 is 0 Å². The normalized spacial score (nSPS) is 11.1. The summed E-state index contributed by atoms with van der Waals surface area (Å²) < 4.78 is 6.38. The number of rotatable bonds is 16. The van der Waals surface area contributed by atoms with Crippen LogP contribution in [0.25, 0.3) is 10.1 Å². The Morgan fingerprint density at radius 3 is 2.26 bits per heavy atom. The molecule has 0 radical (unpaired) electrons. The van der Waals surface area contributed by atoms with Crippen molar-refractivity contribution >= 4 is 57.0 Å². The van der Waals surface area contributed by atoms with Gasteiger partial charge in [0.05, 0.1) is 17.8 Å². The average molecular weight is 570 g/mol. The molecule has 0 unspecified atom stereocenters. The molecule has 2 amide bonds. The van der Waals surface area contributed by atoms with Gasteiger partial charge < -0.3 is 10.1 Å². The van der Waals surface area contributed by atoms with E-state index in [1.165, 1.54) is 56.1 Å². The summed E-state index contributed by atoms with van der Waals surface area (Å²) in [7, 11) is 0. The highest BCUT2D eigenvalue weighted by Crippen LogP contribution is 2.35. The summed E-state index contributed by atoms with van der Waals surface area (Å²) in [5.74, 6) is -0.685. The van der Waals surface area contributed by atoms with Crippen molar-refractivity contribution in [2.45, 2.75) is 71.1 Å². The molecule has 9 heteroatoms. The molecule has 1 heterocycles. The number of nitrogens with zero attached hydrogens (tertiary/aromatic N) is 1. The van der Waals surface area contributed by atoms with Crippen LogP contribution in [0, 0.1) is 0 Å². The number of hydrogen-bond acceptors (Lipinski definition) is 6. The Morgan fingerprint density at radius 2 is 1.56 bits per heavy atom. The van der Waals surface area contributed by atoms with Gasteiger partial charge in [-0.15, -0.1) is 11.3 Å². The van der Waals surface area contributed by atoms with Gasteiger partial charge in [0.15, 0.2) is 0 Å². The Labute approximate surface area is 239 Å². The van der Waals surface area contributed by atoms with E-state index in [1.807, 2.05) is 24.3 Å². The minimum absolute atomic E-state index is 0.122. The van der Waals surface area contributed by atoms with Crippen molar-refractivity contribution in [2.24, 2.45) is 5.10 Å². The monoisotopic (exact) mass is 569 g/mol. The number of benzene rings is 2. The maximum atomic E-state index is 12.6. The van der Waals surface area contributed by atoms with Crippen molar-refractivity contribution in [2.75, 3.05) is 6.54 Å². The van der Waals surface area contributed by atoms with E-state index in [0.717, 1.165) is 29.3 Å². The minimum atomic E-state index is -0.519. The second kappa shape index (κ2) is 16.7. The highest BCUT2D eigenvalue weighted by molar-refractivity contribution is 7.21. The molecule has 208 valence electrons. The highest BCUT2D eigenvalue weighted by Gasteiger charge is 2.18. The van der Waals surface area contributed by atoms with Crippen LogP contribution in [0.3, 0.4) is 0 Å². The zero-order chi connectivity index (χ0) is 27.9. The lowest BCUT2D eigenvalue weighted by Gasteiger charge is -2.05. The second-order valence-electron chi connectivity index (χ2n) is 9.35. The predicted octanol–water partition coefficient (Wildman–Crippen LogP) is 7.26. The van der Waals surface area contributed by atoms with Gasteiger partial charge in [-0.3, -0.25) is 9.59 Å². The number of unbranched alkanes of at least 4 members (excludes halogenated alkanes) is 8. The molecule has 0 saturated carbocycles. The number of thiophene rings is 1. The van der Waals surface area contributed by atoms with Crippen LogP contribution in [0.15, 0.2) is 53.6 Å². The SMILES string of the molecule is CCCCCCCCCCCC(=O)NCC(=O)NN=Cc1ccc(OC(=O)c2sc3ccccc3c2Cl)cc1. The van der Waals surface area contributed by atoms with Crippen molar-refractivity contribution < 1.29 is 19.1 Å². The summed E-state index contributed by atoms with van der Waals surface area (Å²) in [5.41, 5.74) is 3.09. The second-order valence-corrected chi connectivity index (χ2v) is 10.8. The van der Waals surface area contributed by atoms with E-state index in [0.29, 0.717) is 27.6 Å². The summed E-state index contributed by atoms with van der Waals surface area (Å²) in [5, 5.41) is 7.75. The fourth-order valence-corrected chi connectivity index (χ4v) is 5.39. The minimum Gasteiger partial charge on any atom is -0.422 e. The number of nitrogens with one attached hydrogen (secondary N) is 2. The summed E-state index contributed by atoms with van der Waals surface area (Å²) in [6, 6.07) is 14.2. The zero-order valence-corrected chi connectivity index (χ0v) is 23.9. The summed E-state index contributed by atoms with van der Waals surface area (Å²) >= 11 is 7.64. The number of fused-ring (bicyclic) bond motifs is 1. The van der Waals surface area contributed by atoms with Gasteiger partial charge in [-0.05, 0) is 42.3 Å². The molecule has 0 aliphatic heterocycles. The van der Waals surface area contributed by atoms with E-state index in [9.17, 15) is 14.4 Å². The van der Waals surface area contributed by atoms with Crippen LogP contribution in [0.5, 0.6) is 5.75 Å². The Hall–Kier alpha value is -3.23. The first-order valence-corrected chi connectivity index (χ1v) is 14.7. The van der Waals surface area contributed by atoms with Gasteiger partial charge in [0.1, 0.15) is 10.6 Å². The number of hydrogen-bond donors (Lipinski definition) is 2. The molecule has 2 aromatic carbocycles. The molecular formula is C30H36ClN3O4S. The Kier molecular flexibility index (Phi) is 13.0. The van der Waals surface area contributed by atoms with Crippen LogP contribution in [-0.4, -0.2) is 30.5 Å². The fraction of sp³-hybridized carbons (Fsp3) is 0.400. The van der Waals surface area contributed by atoms with Crippen molar-refractivity contribution in [3.63, 3.8) is 0 Å². The average Bonchev–Trinajstić information content (AvgIpc) is 3.28. The molecular weight excluding hydrogens is 534 g/mol. The van der Waals surface area contributed by atoms with E-state index in [1.54, 1.807) is 24.3 Å². The van der Waals surface area contributed by atoms with Gasteiger partial charge in [-0.1, -0.05) is 88.1 Å².